The summed E-state index contributed by atoms with van der Waals surface area (Å²) in [5, 5.41) is 13.0. The van der Waals surface area contributed by atoms with Crippen LogP contribution in [0.25, 0.3) is 6.08 Å². The fraction of sp³-hybridized carbons (Fsp3) is 0.0769. The van der Waals surface area contributed by atoms with Crippen LogP contribution in [0.2, 0.25) is 0 Å². The third-order valence-corrected chi connectivity index (χ3v) is 3.59. The third kappa shape index (κ3) is 3.04. The van der Waals surface area contributed by atoms with Crippen LogP contribution in [-0.2, 0) is 4.79 Å². The number of nitrogens with zero attached hydrogens (tertiary/aromatic N) is 2. The molecule has 22 heavy (non-hydrogen) atoms. The van der Waals surface area contributed by atoms with Gasteiger partial charge in [0.25, 0.3) is 0 Å². The molecule has 8 nitrogen and oxygen atoms in total. The molecular formula is C13H9N3O5S. The number of aromatic nitrogens is 1. The molecule has 1 amide bonds. The molecule has 0 aliphatic carbocycles. The summed E-state index contributed by atoms with van der Waals surface area (Å²) in [7, 11) is 0. The molecule has 0 fully saturated rings. The molecule has 0 atom stereocenters. The van der Waals surface area contributed by atoms with Crippen molar-refractivity contribution >= 4 is 33.5 Å². The molecule has 0 radical (unpaired) electrons. The van der Waals surface area contributed by atoms with Gasteiger partial charge in [0.1, 0.15) is 6.20 Å². The molecule has 0 saturated carbocycles. The minimum absolute atomic E-state index is 0.130. The second kappa shape index (κ2) is 5.82. The summed E-state index contributed by atoms with van der Waals surface area (Å²) < 4.78 is 10.4. The van der Waals surface area contributed by atoms with Crippen LogP contribution in [0.15, 0.2) is 30.5 Å². The van der Waals surface area contributed by atoms with Crippen molar-refractivity contribution in [2.75, 3.05) is 12.1 Å². The van der Waals surface area contributed by atoms with Gasteiger partial charge in [0.15, 0.2) is 16.6 Å². The normalized spacial score (nSPS) is 12.5. The minimum Gasteiger partial charge on any atom is -0.454 e. The van der Waals surface area contributed by atoms with Crippen molar-refractivity contribution in [3.05, 3.63) is 46.1 Å². The summed E-state index contributed by atoms with van der Waals surface area (Å²) in [4.78, 5) is 25.5. The predicted molar refractivity (Wildman–Crippen MR) is 79.0 cm³/mol. The van der Waals surface area contributed by atoms with Crippen molar-refractivity contribution in [1.82, 2.24) is 4.98 Å². The smallest absolute Gasteiger partial charge is 0.345 e. The quantitative estimate of drug-likeness (QED) is 0.527. The van der Waals surface area contributed by atoms with Gasteiger partial charge in [0.05, 0.1) is 4.92 Å². The highest BCUT2D eigenvalue weighted by Crippen LogP contribution is 2.32. The van der Waals surface area contributed by atoms with E-state index < -0.39 is 10.8 Å². The number of carbonyl (C=O) groups excluding carboxylic acids is 1. The number of hydrogen-bond acceptors (Lipinski definition) is 7. The van der Waals surface area contributed by atoms with E-state index in [-0.39, 0.29) is 16.9 Å². The van der Waals surface area contributed by atoms with Gasteiger partial charge < -0.3 is 9.47 Å². The Morgan fingerprint density at radius 2 is 2.23 bits per heavy atom. The van der Waals surface area contributed by atoms with Crippen molar-refractivity contribution in [1.29, 1.82) is 0 Å². The molecule has 3 rings (SSSR count). The van der Waals surface area contributed by atoms with E-state index in [1.165, 1.54) is 6.08 Å². The third-order valence-electron chi connectivity index (χ3n) is 2.73. The molecule has 2 aromatic rings. The van der Waals surface area contributed by atoms with Gasteiger partial charge in [0.2, 0.25) is 12.7 Å². The zero-order valence-electron chi connectivity index (χ0n) is 11.0. The highest BCUT2D eigenvalue weighted by Gasteiger charge is 2.13. The van der Waals surface area contributed by atoms with Crippen molar-refractivity contribution in [2.45, 2.75) is 0 Å². The largest absolute Gasteiger partial charge is 0.454 e. The van der Waals surface area contributed by atoms with Crippen LogP contribution < -0.4 is 14.8 Å². The summed E-state index contributed by atoms with van der Waals surface area (Å²) in [6.45, 7) is 0.186. The van der Waals surface area contributed by atoms with Gasteiger partial charge in [-0.15, -0.1) is 0 Å². The lowest BCUT2D eigenvalue weighted by atomic mass is 10.2. The number of thiazole rings is 1. The highest BCUT2D eigenvalue weighted by atomic mass is 32.1. The molecule has 9 heteroatoms. The SMILES string of the molecule is O=C(C=Cc1ccc2c(c1)OCO2)Nc1ncc([N+](=O)[O-])s1. The van der Waals surface area contributed by atoms with Gasteiger partial charge in [-0.25, -0.2) is 4.98 Å². The second-order valence-corrected chi connectivity index (χ2v) is 5.21. The average Bonchev–Trinajstić information content (AvgIpc) is 3.13. The second-order valence-electron chi connectivity index (χ2n) is 4.20. The summed E-state index contributed by atoms with van der Waals surface area (Å²) in [6, 6.07) is 5.29. The van der Waals surface area contributed by atoms with Gasteiger partial charge in [0, 0.05) is 6.08 Å². The Labute approximate surface area is 128 Å². The van der Waals surface area contributed by atoms with E-state index in [0.29, 0.717) is 11.5 Å². The number of nitro groups is 1. The first-order chi connectivity index (χ1) is 10.6. The van der Waals surface area contributed by atoms with E-state index in [9.17, 15) is 14.9 Å². The number of nitrogens with one attached hydrogen (secondary N) is 1. The molecule has 0 spiro atoms. The Balaban J connectivity index is 1.64. The molecule has 0 unspecified atom stereocenters. The van der Waals surface area contributed by atoms with E-state index in [1.807, 2.05) is 0 Å². The summed E-state index contributed by atoms with van der Waals surface area (Å²) in [5.41, 5.74) is 0.768. The summed E-state index contributed by atoms with van der Waals surface area (Å²) >= 11 is 0.795. The average molecular weight is 319 g/mol. The van der Waals surface area contributed by atoms with Crippen molar-refractivity contribution in [3.63, 3.8) is 0 Å². The van der Waals surface area contributed by atoms with Crippen molar-refractivity contribution in [2.24, 2.45) is 0 Å². The molecule has 2 heterocycles. The lowest BCUT2D eigenvalue weighted by Crippen LogP contribution is -2.07. The Morgan fingerprint density at radius 3 is 3.00 bits per heavy atom. The van der Waals surface area contributed by atoms with Crippen LogP contribution >= 0.6 is 11.3 Å². The first kappa shape index (κ1) is 14.0. The topological polar surface area (TPSA) is 104 Å². The number of ether oxygens (including phenoxy) is 2. The molecular weight excluding hydrogens is 310 g/mol. The Kier molecular flexibility index (Phi) is 3.71. The van der Waals surface area contributed by atoms with E-state index in [4.69, 9.17) is 9.47 Å². The lowest BCUT2D eigenvalue weighted by molar-refractivity contribution is -0.380. The number of amides is 1. The van der Waals surface area contributed by atoms with Crippen LogP contribution in [-0.4, -0.2) is 22.6 Å². The molecule has 1 aliphatic heterocycles. The zero-order chi connectivity index (χ0) is 15.5. The van der Waals surface area contributed by atoms with Gasteiger partial charge in [-0.2, -0.15) is 0 Å². The maximum absolute atomic E-state index is 11.7. The van der Waals surface area contributed by atoms with Crippen LogP contribution in [0.5, 0.6) is 11.5 Å². The Bertz CT molecular complexity index is 771. The van der Waals surface area contributed by atoms with E-state index >= 15 is 0 Å². The highest BCUT2D eigenvalue weighted by molar-refractivity contribution is 7.18. The fourth-order valence-electron chi connectivity index (χ4n) is 1.74. The van der Waals surface area contributed by atoms with Crippen LogP contribution in [0.1, 0.15) is 5.56 Å². The zero-order valence-corrected chi connectivity index (χ0v) is 11.8. The van der Waals surface area contributed by atoms with Gasteiger partial charge in [-0.05, 0) is 35.1 Å². The number of anilines is 1. The maximum atomic E-state index is 11.7. The molecule has 1 N–H and O–H groups in total. The van der Waals surface area contributed by atoms with E-state index in [0.717, 1.165) is 23.1 Å². The first-order valence-corrected chi connectivity index (χ1v) is 6.92. The monoisotopic (exact) mass is 319 g/mol. The molecule has 112 valence electrons. The lowest BCUT2D eigenvalue weighted by Gasteiger charge is -1.98. The van der Waals surface area contributed by atoms with Crippen LogP contribution in [0.4, 0.5) is 10.1 Å². The number of rotatable bonds is 4. The molecule has 1 aromatic carbocycles. The van der Waals surface area contributed by atoms with Crippen molar-refractivity contribution < 1.29 is 19.2 Å². The number of benzene rings is 1. The minimum atomic E-state index is -0.560. The van der Waals surface area contributed by atoms with E-state index in [2.05, 4.69) is 10.3 Å². The number of carbonyl (C=O) groups is 1. The van der Waals surface area contributed by atoms with Crippen LogP contribution in [0, 0.1) is 10.1 Å². The number of hydrogen-bond donors (Lipinski definition) is 1. The Hall–Kier alpha value is -2.94. The van der Waals surface area contributed by atoms with Crippen LogP contribution in [0.3, 0.4) is 0 Å². The standard InChI is InChI=1S/C13H9N3O5S/c17-11(15-13-14-6-12(22-13)16(18)19)4-2-8-1-3-9-10(5-8)21-7-20-9/h1-6H,7H2,(H,14,15,17). The summed E-state index contributed by atoms with van der Waals surface area (Å²) in [6.07, 6.45) is 4.01. The molecule has 1 aromatic heterocycles. The Morgan fingerprint density at radius 1 is 1.41 bits per heavy atom. The molecule has 0 bridgehead atoms. The molecule has 0 saturated heterocycles. The number of fused-ring (bicyclic) bond motifs is 1. The fourth-order valence-corrected chi connectivity index (χ4v) is 2.38. The first-order valence-electron chi connectivity index (χ1n) is 6.11. The maximum Gasteiger partial charge on any atom is 0.345 e. The summed E-state index contributed by atoms with van der Waals surface area (Å²) in [5.74, 6) is 0.858. The van der Waals surface area contributed by atoms with Gasteiger partial charge in [-0.1, -0.05) is 6.07 Å². The van der Waals surface area contributed by atoms with Crippen molar-refractivity contribution in [3.8, 4) is 11.5 Å². The molecule has 1 aliphatic rings. The van der Waals surface area contributed by atoms with Gasteiger partial charge in [-0.3, -0.25) is 20.2 Å². The predicted octanol–water partition coefficient (Wildman–Crippen LogP) is 2.43. The van der Waals surface area contributed by atoms with Gasteiger partial charge >= 0.3 is 5.00 Å². The van der Waals surface area contributed by atoms with E-state index in [1.54, 1.807) is 24.3 Å².